The number of rotatable bonds is 3. The van der Waals surface area contributed by atoms with Crippen molar-refractivity contribution in [3.63, 3.8) is 0 Å². The Bertz CT molecular complexity index is 845. The first-order valence-corrected chi connectivity index (χ1v) is 8.65. The van der Waals surface area contributed by atoms with Crippen LogP contribution in [0.3, 0.4) is 0 Å². The molecule has 2 aromatic rings. The topological polar surface area (TPSA) is 29.1 Å². The summed E-state index contributed by atoms with van der Waals surface area (Å²) in [5, 5.41) is 3.08. The van der Waals surface area contributed by atoms with Gasteiger partial charge in [-0.2, -0.15) is 13.2 Å². The summed E-state index contributed by atoms with van der Waals surface area (Å²) in [6.45, 7) is 0. The molecule has 1 aliphatic carbocycles. The molecule has 0 saturated carbocycles. The monoisotopic (exact) mass is 379 g/mol. The van der Waals surface area contributed by atoms with E-state index in [4.69, 9.17) is 11.6 Å². The Hall–Kier alpha value is -2.27. The van der Waals surface area contributed by atoms with Gasteiger partial charge in [0.15, 0.2) is 0 Å². The van der Waals surface area contributed by atoms with Gasteiger partial charge in [0.05, 0.1) is 11.6 Å². The third-order valence-corrected chi connectivity index (χ3v) is 4.77. The zero-order valence-corrected chi connectivity index (χ0v) is 14.6. The number of aryl methyl sites for hydroxylation is 1. The van der Waals surface area contributed by atoms with Crippen LogP contribution in [0.5, 0.6) is 0 Å². The van der Waals surface area contributed by atoms with Crippen molar-refractivity contribution in [2.75, 3.05) is 0 Å². The molecule has 1 atom stereocenters. The second kappa shape index (κ2) is 7.54. The molecule has 1 aliphatic rings. The highest BCUT2D eigenvalue weighted by Gasteiger charge is 2.30. The molecule has 136 valence electrons. The number of benzene rings is 2. The zero-order chi connectivity index (χ0) is 18.7. The molecule has 0 fully saturated rings. The van der Waals surface area contributed by atoms with E-state index in [0.717, 1.165) is 37.0 Å². The predicted octanol–water partition coefficient (Wildman–Crippen LogP) is 5.57. The van der Waals surface area contributed by atoms with E-state index in [1.165, 1.54) is 23.8 Å². The lowest BCUT2D eigenvalue weighted by molar-refractivity contribution is -0.137. The van der Waals surface area contributed by atoms with Crippen LogP contribution in [-0.2, 0) is 17.4 Å². The normalized spacial score (nSPS) is 17.2. The Balaban J connectivity index is 1.73. The highest BCUT2D eigenvalue weighted by Crippen LogP contribution is 2.32. The molecule has 0 bridgehead atoms. The van der Waals surface area contributed by atoms with Gasteiger partial charge in [0.2, 0.25) is 5.91 Å². The molecule has 26 heavy (non-hydrogen) atoms. The minimum absolute atomic E-state index is 0.0888. The van der Waals surface area contributed by atoms with Crippen LogP contribution in [0.15, 0.2) is 48.5 Å². The van der Waals surface area contributed by atoms with E-state index in [1.54, 1.807) is 0 Å². The number of hydrogen-bond donors (Lipinski definition) is 1. The largest absolute Gasteiger partial charge is 0.416 e. The van der Waals surface area contributed by atoms with Crippen LogP contribution in [0.2, 0.25) is 5.02 Å². The van der Waals surface area contributed by atoms with Gasteiger partial charge in [0, 0.05) is 11.1 Å². The third kappa shape index (κ3) is 4.28. The van der Waals surface area contributed by atoms with Gasteiger partial charge >= 0.3 is 6.18 Å². The minimum Gasteiger partial charge on any atom is -0.346 e. The van der Waals surface area contributed by atoms with E-state index in [1.807, 2.05) is 24.3 Å². The molecule has 0 aliphatic heterocycles. The van der Waals surface area contributed by atoms with Crippen molar-refractivity contribution in [2.24, 2.45) is 0 Å². The summed E-state index contributed by atoms with van der Waals surface area (Å²) in [7, 11) is 0. The molecule has 0 heterocycles. The van der Waals surface area contributed by atoms with Gasteiger partial charge in [-0.1, -0.05) is 35.9 Å². The number of carbonyl (C=O) groups is 1. The Kier molecular flexibility index (Phi) is 5.37. The van der Waals surface area contributed by atoms with Gasteiger partial charge in [0.1, 0.15) is 0 Å². The number of halogens is 4. The van der Waals surface area contributed by atoms with E-state index < -0.39 is 11.7 Å². The first-order chi connectivity index (χ1) is 12.3. The molecule has 0 saturated heterocycles. The van der Waals surface area contributed by atoms with Crippen LogP contribution in [-0.4, -0.2) is 5.91 Å². The SMILES string of the molecule is O=C(/C=C/c1cc(C(F)(F)F)ccc1Cl)N[C@H]1CCCc2ccccc21. The van der Waals surface area contributed by atoms with Crippen LogP contribution in [0.4, 0.5) is 13.2 Å². The van der Waals surface area contributed by atoms with Gasteiger partial charge in [-0.15, -0.1) is 0 Å². The molecule has 1 N–H and O–H groups in total. The number of carbonyl (C=O) groups excluding carboxylic acids is 1. The van der Waals surface area contributed by atoms with Gasteiger partial charge in [0.25, 0.3) is 0 Å². The number of alkyl halides is 3. The second-order valence-electron chi connectivity index (χ2n) is 6.22. The average Bonchev–Trinajstić information content (AvgIpc) is 2.60. The van der Waals surface area contributed by atoms with Crippen molar-refractivity contribution in [1.82, 2.24) is 5.32 Å². The van der Waals surface area contributed by atoms with Crippen molar-refractivity contribution in [2.45, 2.75) is 31.5 Å². The molecular formula is C20H17ClF3NO. The summed E-state index contributed by atoms with van der Waals surface area (Å²) in [5.74, 6) is -0.361. The smallest absolute Gasteiger partial charge is 0.346 e. The van der Waals surface area contributed by atoms with Crippen molar-refractivity contribution < 1.29 is 18.0 Å². The molecule has 2 aromatic carbocycles. The third-order valence-electron chi connectivity index (χ3n) is 4.42. The Morgan fingerprint density at radius 1 is 1.19 bits per heavy atom. The van der Waals surface area contributed by atoms with Crippen LogP contribution < -0.4 is 5.32 Å². The molecule has 1 amide bonds. The van der Waals surface area contributed by atoms with Crippen LogP contribution in [0.1, 0.15) is 41.1 Å². The van der Waals surface area contributed by atoms with Gasteiger partial charge in [-0.05, 0) is 60.2 Å². The lowest BCUT2D eigenvalue weighted by Crippen LogP contribution is -2.29. The summed E-state index contributed by atoms with van der Waals surface area (Å²) in [5.41, 5.74) is 1.66. The highest BCUT2D eigenvalue weighted by atomic mass is 35.5. The fraction of sp³-hybridized carbons (Fsp3) is 0.250. The molecule has 0 spiro atoms. The average molecular weight is 380 g/mol. The predicted molar refractivity (Wildman–Crippen MR) is 95.8 cm³/mol. The first-order valence-electron chi connectivity index (χ1n) is 8.28. The van der Waals surface area contributed by atoms with Crippen LogP contribution in [0.25, 0.3) is 6.08 Å². The Labute approximate surface area is 154 Å². The Morgan fingerprint density at radius 2 is 1.96 bits per heavy atom. The van der Waals surface area contributed by atoms with E-state index in [9.17, 15) is 18.0 Å². The summed E-state index contributed by atoms with van der Waals surface area (Å²) in [6.07, 6.45) is 0.867. The van der Waals surface area contributed by atoms with E-state index >= 15 is 0 Å². The molecule has 2 nitrogen and oxygen atoms in total. The quantitative estimate of drug-likeness (QED) is 0.694. The highest BCUT2D eigenvalue weighted by molar-refractivity contribution is 6.32. The van der Waals surface area contributed by atoms with Crippen molar-refractivity contribution >= 4 is 23.6 Å². The first kappa shape index (κ1) is 18.5. The number of hydrogen-bond acceptors (Lipinski definition) is 1. The van der Waals surface area contributed by atoms with Crippen molar-refractivity contribution in [1.29, 1.82) is 0 Å². The maximum atomic E-state index is 12.8. The molecule has 0 aromatic heterocycles. The molecule has 3 rings (SSSR count). The van der Waals surface area contributed by atoms with E-state index in [-0.39, 0.29) is 22.5 Å². The van der Waals surface area contributed by atoms with Gasteiger partial charge < -0.3 is 5.32 Å². The minimum atomic E-state index is -4.46. The zero-order valence-electron chi connectivity index (χ0n) is 13.8. The molecule has 0 radical (unpaired) electrons. The van der Waals surface area contributed by atoms with Gasteiger partial charge in [-0.3, -0.25) is 4.79 Å². The number of amides is 1. The van der Waals surface area contributed by atoms with Crippen LogP contribution in [0, 0.1) is 0 Å². The van der Waals surface area contributed by atoms with Gasteiger partial charge in [-0.25, -0.2) is 0 Å². The summed E-state index contributed by atoms with van der Waals surface area (Å²) >= 11 is 5.94. The lowest BCUT2D eigenvalue weighted by Gasteiger charge is -2.25. The fourth-order valence-corrected chi connectivity index (χ4v) is 3.32. The number of fused-ring (bicyclic) bond motifs is 1. The summed E-state index contributed by atoms with van der Waals surface area (Å²) in [4.78, 5) is 12.2. The lowest BCUT2D eigenvalue weighted by atomic mass is 9.88. The molecule has 6 heteroatoms. The standard InChI is InChI=1S/C20H17ClF3NO/c21-17-10-9-15(20(22,23)24)12-14(17)8-11-19(26)25-18-7-3-5-13-4-1-2-6-16(13)18/h1-2,4,6,8-12,18H,3,5,7H2,(H,25,26)/b11-8+/t18-/m0/s1. The second-order valence-corrected chi connectivity index (χ2v) is 6.63. The molecule has 0 unspecified atom stereocenters. The van der Waals surface area contributed by atoms with E-state index in [2.05, 4.69) is 5.32 Å². The molecular weight excluding hydrogens is 363 g/mol. The number of nitrogens with one attached hydrogen (secondary N) is 1. The van der Waals surface area contributed by atoms with Crippen LogP contribution >= 0.6 is 11.6 Å². The maximum absolute atomic E-state index is 12.8. The van der Waals surface area contributed by atoms with E-state index in [0.29, 0.717) is 0 Å². The van der Waals surface area contributed by atoms with Crippen molar-refractivity contribution in [3.05, 3.63) is 75.8 Å². The van der Waals surface area contributed by atoms with Crippen molar-refractivity contribution in [3.8, 4) is 0 Å². The summed E-state index contributed by atoms with van der Waals surface area (Å²) < 4.78 is 38.4. The summed E-state index contributed by atoms with van der Waals surface area (Å²) in [6, 6.07) is 10.9. The Morgan fingerprint density at radius 3 is 2.73 bits per heavy atom. The maximum Gasteiger partial charge on any atom is 0.416 e. The fourth-order valence-electron chi connectivity index (χ4n) is 3.14.